The monoisotopic (exact) mass is 411 g/mol. The summed E-state index contributed by atoms with van der Waals surface area (Å²) < 4.78 is 4.63. The van der Waals surface area contributed by atoms with Crippen molar-refractivity contribution < 1.29 is 9.53 Å². The zero-order chi connectivity index (χ0) is 19.5. The van der Waals surface area contributed by atoms with Crippen LogP contribution in [-0.2, 0) is 16.1 Å². The minimum atomic E-state index is -0.137. The number of carbonyl (C=O) groups excluding carboxylic acids is 1. The van der Waals surface area contributed by atoms with Gasteiger partial charge in [-0.05, 0) is 55.6 Å². The van der Waals surface area contributed by atoms with Crippen LogP contribution in [0.5, 0.6) is 0 Å². The van der Waals surface area contributed by atoms with Gasteiger partial charge in [0.05, 0.1) is 7.11 Å². The molecule has 150 valence electrons. The molecule has 0 unspecified atom stereocenters. The molecule has 0 aromatic heterocycles. The molecular weight excluding hydrogens is 382 g/mol. The van der Waals surface area contributed by atoms with Crippen molar-refractivity contribution in [3.63, 3.8) is 0 Å². The molecule has 0 saturated carbocycles. The number of piperidine rings is 1. The zero-order valence-electron chi connectivity index (χ0n) is 16.0. The van der Waals surface area contributed by atoms with Crippen molar-refractivity contribution in [3.05, 3.63) is 34.9 Å². The van der Waals surface area contributed by atoms with Crippen LogP contribution in [0.15, 0.2) is 24.3 Å². The first-order valence-corrected chi connectivity index (χ1v) is 10.4. The molecule has 2 rings (SSSR count). The fourth-order valence-electron chi connectivity index (χ4n) is 3.19. The van der Waals surface area contributed by atoms with Crippen LogP contribution >= 0.6 is 23.8 Å². The molecule has 7 heteroatoms. The quantitative estimate of drug-likeness (QED) is 0.368. The van der Waals surface area contributed by atoms with Gasteiger partial charge in [0, 0.05) is 43.7 Å². The highest BCUT2D eigenvalue weighted by atomic mass is 35.5. The first kappa shape index (κ1) is 21.9. The van der Waals surface area contributed by atoms with Crippen molar-refractivity contribution in [1.82, 2.24) is 15.5 Å². The lowest BCUT2D eigenvalue weighted by Gasteiger charge is -2.33. The van der Waals surface area contributed by atoms with Gasteiger partial charge in [0.2, 0.25) is 0 Å². The minimum Gasteiger partial charge on any atom is -0.469 e. The first-order chi connectivity index (χ1) is 13.1. The molecule has 1 saturated heterocycles. The largest absolute Gasteiger partial charge is 0.469 e. The van der Waals surface area contributed by atoms with E-state index in [4.69, 9.17) is 23.8 Å². The third-order valence-electron chi connectivity index (χ3n) is 4.81. The van der Waals surface area contributed by atoms with E-state index in [2.05, 4.69) is 32.4 Å². The van der Waals surface area contributed by atoms with Crippen molar-refractivity contribution in [2.24, 2.45) is 0 Å². The van der Waals surface area contributed by atoms with E-state index in [0.717, 1.165) is 68.4 Å². The Balaban J connectivity index is 1.53. The molecule has 1 aliphatic heterocycles. The summed E-state index contributed by atoms with van der Waals surface area (Å²) in [5.41, 5.74) is 1.30. The van der Waals surface area contributed by atoms with Gasteiger partial charge in [0.15, 0.2) is 5.11 Å². The lowest BCUT2D eigenvalue weighted by molar-refractivity contribution is -0.140. The van der Waals surface area contributed by atoms with Crippen molar-refractivity contribution in [2.75, 3.05) is 26.7 Å². The summed E-state index contributed by atoms with van der Waals surface area (Å²) in [5.74, 6) is -0.137. The topological polar surface area (TPSA) is 53.6 Å². The molecule has 0 atom stereocenters. The third-order valence-corrected chi connectivity index (χ3v) is 5.33. The minimum absolute atomic E-state index is 0.137. The maximum Gasteiger partial charge on any atom is 0.305 e. The number of hydrogen-bond acceptors (Lipinski definition) is 4. The molecule has 1 fully saturated rings. The number of thiocarbonyl (C=S) groups is 1. The number of halogens is 1. The number of hydrogen-bond donors (Lipinski definition) is 2. The standard InChI is InChI=1S/C20H30ClN3O2S/c1-26-19(25)5-3-2-4-12-22-20(27)23-18-10-13-24(14-11-18)15-16-6-8-17(21)9-7-16/h6-9,18H,2-5,10-15H2,1H3,(H2,22,23,27). The summed E-state index contributed by atoms with van der Waals surface area (Å²) in [6.45, 7) is 3.94. The van der Waals surface area contributed by atoms with Gasteiger partial charge in [-0.25, -0.2) is 0 Å². The van der Waals surface area contributed by atoms with Crippen molar-refractivity contribution in [3.8, 4) is 0 Å². The number of ether oxygens (including phenoxy) is 1. The maximum absolute atomic E-state index is 11.0. The highest BCUT2D eigenvalue weighted by molar-refractivity contribution is 7.80. The van der Waals surface area contributed by atoms with Crippen molar-refractivity contribution in [2.45, 2.75) is 51.1 Å². The van der Waals surface area contributed by atoms with Crippen LogP contribution in [0, 0.1) is 0 Å². The number of nitrogens with zero attached hydrogens (tertiary/aromatic N) is 1. The molecule has 0 bridgehead atoms. The summed E-state index contributed by atoms with van der Waals surface area (Å²) in [5, 5.41) is 8.22. The predicted molar refractivity (Wildman–Crippen MR) is 114 cm³/mol. The van der Waals surface area contributed by atoms with Gasteiger partial charge >= 0.3 is 5.97 Å². The number of benzene rings is 1. The second-order valence-corrected chi connectivity index (χ2v) is 7.81. The van der Waals surface area contributed by atoms with Crippen LogP contribution in [0.1, 0.15) is 44.1 Å². The van der Waals surface area contributed by atoms with E-state index in [1.165, 1.54) is 12.7 Å². The molecule has 1 aliphatic rings. The summed E-state index contributed by atoms with van der Waals surface area (Å²) >= 11 is 11.3. The summed E-state index contributed by atoms with van der Waals surface area (Å²) in [7, 11) is 1.43. The fourth-order valence-corrected chi connectivity index (χ4v) is 3.59. The number of carbonyl (C=O) groups is 1. The van der Waals surface area contributed by atoms with Gasteiger partial charge in [0.25, 0.3) is 0 Å². The molecule has 0 amide bonds. The molecule has 2 N–H and O–H groups in total. The molecule has 0 radical (unpaired) electrons. The normalized spacial score (nSPS) is 15.3. The Morgan fingerprint density at radius 1 is 1.22 bits per heavy atom. The van der Waals surface area contributed by atoms with Crippen LogP contribution in [0.25, 0.3) is 0 Å². The Bertz CT molecular complexity index is 589. The van der Waals surface area contributed by atoms with Gasteiger partial charge in [-0.3, -0.25) is 9.69 Å². The Hall–Kier alpha value is -1.37. The van der Waals surface area contributed by atoms with Crippen LogP contribution < -0.4 is 10.6 Å². The molecule has 1 heterocycles. The van der Waals surface area contributed by atoms with E-state index in [9.17, 15) is 4.79 Å². The molecule has 5 nitrogen and oxygen atoms in total. The van der Waals surface area contributed by atoms with Crippen LogP contribution in [0.2, 0.25) is 5.02 Å². The Morgan fingerprint density at radius 2 is 1.93 bits per heavy atom. The van der Waals surface area contributed by atoms with Gasteiger partial charge in [-0.15, -0.1) is 0 Å². The number of likely N-dealkylation sites (tertiary alicyclic amines) is 1. The second-order valence-electron chi connectivity index (χ2n) is 6.96. The van der Waals surface area contributed by atoms with Crippen LogP contribution in [0.4, 0.5) is 0 Å². The molecular formula is C20H30ClN3O2S. The highest BCUT2D eigenvalue weighted by Gasteiger charge is 2.19. The zero-order valence-corrected chi connectivity index (χ0v) is 17.6. The maximum atomic E-state index is 11.0. The van der Waals surface area contributed by atoms with Crippen molar-refractivity contribution >= 4 is 34.9 Å². The van der Waals surface area contributed by atoms with E-state index in [-0.39, 0.29) is 5.97 Å². The Labute approximate surface area is 172 Å². The summed E-state index contributed by atoms with van der Waals surface area (Å²) in [6.07, 6.45) is 5.53. The first-order valence-electron chi connectivity index (χ1n) is 9.65. The number of esters is 1. The molecule has 1 aromatic rings. The fraction of sp³-hybridized carbons (Fsp3) is 0.600. The van der Waals surface area contributed by atoms with Gasteiger partial charge in [-0.2, -0.15) is 0 Å². The molecule has 0 spiro atoms. The Morgan fingerprint density at radius 3 is 2.59 bits per heavy atom. The average Bonchev–Trinajstić information content (AvgIpc) is 2.67. The average molecular weight is 412 g/mol. The van der Waals surface area contributed by atoms with Crippen LogP contribution in [-0.4, -0.2) is 48.8 Å². The molecule has 1 aromatic carbocycles. The summed E-state index contributed by atoms with van der Waals surface area (Å²) in [6, 6.07) is 8.52. The molecule has 27 heavy (non-hydrogen) atoms. The number of rotatable bonds is 9. The molecule has 0 aliphatic carbocycles. The lowest BCUT2D eigenvalue weighted by atomic mass is 10.0. The highest BCUT2D eigenvalue weighted by Crippen LogP contribution is 2.16. The van der Waals surface area contributed by atoms with Gasteiger partial charge < -0.3 is 15.4 Å². The van der Waals surface area contributed by atoms with Gasteiger partial charge in [0.1, 0.15) is 0 Å². The van der Waals surface area contributed by atoms with E-state index in [0.29, 0.717) is 12.5 Å². The van der Waals surface area contributed by atoms with Gasteiger partial charge in [-0.1, -0.05) is 30.2 Å². The lowest BCUT2D eigenvalue weighted by Crippen LogP contribution is -2.47. The van der Waals surface area contributed by atoms with E-state index in [1.54, 1.807) is 0 Å². The third kappa shape index (κ3) is 8.91. The predicted octanol–water partition coefficient (Wildman–Crippen LogP) is 3.50. The van der Waals surface area contributed by atoms with E-state index < -0.39 is 0 Å². The summed E-state index contributed by atoms with van der Waals surface area (Å²) in [4.78, 5) is 13.5. The van der Waals surface area contributed by atoms with Crippen molar-refractivity contribution in [1.29, 1.82) is 0 Å². The van der Waals surface area contributed by atoms with Crippen LogP contribution in [0.3, 0.4) is 0 Å². The van der Waals surface area contributed by atoms with E-state index >= 15 is 0 Å². The number of unbranched alkanes of at least 4 members (excludes halogenated alkanes) is 2. The SMILES string of the molecule is COC(=O)CCCCCNC(=S)NC1CCN(Cc2ccc(Cl)cc2)CC1. The Kier molecular flexibility index (Phi) is 9.87. The smallest absolute Gasteiger partial charge is 0.305 e. The van der Waals surface area contributed by atoms with E-state index in [1.807, 2.05) is 12.1 Å². The number of nitrogens with one attached hydrogen (secondary N) is 2. The number of methoxy groups -OCH3 is 1. The second kappa shape index (κ2) is 12.2.